The molecule has 0 aliphatic heterocycles. The molecule has 0 aromatic rings. The topological polar surface area (TPSA) is 232 Å². The minimum Gasteiger partial charge on any atom is -0.370 e. The van der Waals surface area contributed by atoms with Gasteiger partial charge in [0.05, 0.1) is 12.1 Å². The van der Waals surface area contributed by atoms with Crippen LogP contribution in [0, 0.1) is 0 Å². The molecule has 0 saturated heterocycles. The van der Waals surface area contributed by atoms with E-state index in [1.54, 1.807) is 0 Å². The molecule has 0 aromatic carbocycles. The van der Waals surface area contributed by atoms with Crippen LogP contribution in [-0.4, -0.2) is 65.2 Å². The number of carbonyl (C=O) groups is 3. The highest BCUT2D eigenvalue weighted by atomic mass is 35.5. The van der Waals surface area contributed by atoms with E-state index < -0.39 is 40.2 Å². The Morgan fingerprint density at radius 3 is 1.29 bits per heavy atom. The van der Waals surface area contributed by atoms with Crippen LogP contribution in [0.2, 0.25) is 0 Å². The van der Waals surface area contributed by atoms with Gasteiger partial charge in [0.25, 0.3) is 0 Å². The molecule has 2 unspecified atom stereocenters. The van der Waals surface area contributed by atoms with E-state index in [0.29, 0.717) is 12.8 Å². The normalized spacial score (nSPS) is 15.0. The van der Waals surface area contributed by atoms with Crippen LogP contribution >= 0.6 is 23.2 Å². The number of carbonyl (C=O) groups excluding carboxylic acids is 3. The highest BCUT2D eigenvalue weighted by Gasteiger charge is 2.37. The molecular weight excluding hydrogens is 411 g/mol. The number of alkyl halides is 2. The Bertz CT molecular complexity index is 556. The molecule has 0 fully saturated rings. The standard InChI is InChI=1S/C15H28Cl2N8O3/c16-9(11(26)7(18)3-1-5-24-14(20)21)13(28)10(17)12(27)8(19)4-2-6-25-15(22)23/h7-10H,1-6,18-19H2,(H4,20,21,24)(H4,22,23,25)/t7-,8-,9?,10?/m0/s1. The van der Waals surface area contributed by atoms with Gasteiger partial charge in [-0.2, -0.15) is 0 Å². The van der Waals surface area contributed by atoms with E-state index in [2.05, 4.69) is 9.98 Å². The summed E-state index contributed by atoms with van der Waals surface area (Å²) < 4.78 is 0. The van der Waals surface area contributed by atoms with E-state index in [4.69, 9.17) is 57.6 Å². The molecule has 13 heteroatoms. The quantitative estimate of drug-likeness (QED) is 0.0559. The number of aliphatic imine (C=N–C) groups is 2. The molecule has 0 rings (SSSR count). The Morgan fingerprint density at radius 1 is 0.679 bits per heavy atom. The fourth-order valence-electron chi connectivity index (χ4n) is 2.11. The zero-order chi connectivity index (χ0) is 21.9. The van der Waals surface area contributed by atoms with Gasteiger partial charge in [0.15, 0.2) is 40.0 Å². The van der Waals surface area contributed by atoms with Crippen LogP contribution in [-0.2, 0) is 14.4 Å². The van der Waals surface area contributed by atoms with Crippen LogP contribution in [0.15, 0.2) is 9.98 Å². The lowest BCUT2D eigenvalue weighted by molar-refractivity contribution is -0.130. The molecule has 0 radical (unpaired) electrons. The Balaban J connectivity index is 4.60. The summed E-state index contributed by atoms with van der Waals surface area (Å²) in [7, 11) is 0. The lowest BCUT2D eigenvalue weighted by Gasteiger charge is -2.18. The number of nitrogens with zero attached hydrogens (tertiary/aromatic N) is 2. The summed E-state index contributed by atoms with van der Waals surface area (Å²) in [6.45, 7) is 0.547. The Kier molecular flexibility index (Phi) is 12.3. The number of ketones is 3. The molecule has 0 spiro atoms. The number of hydrogen-bond acceptors (Lipinski definition) is 7. The first-order valence-corrected chi connectivity index (χ1v) is 9.37. The second-order valence-electron chi connectivity index (χ2n) is 6.04. The molecule has 0 bridgehead atoms. The summed E-state index contributed by atoms with van der Waals surface area (Å²) in [6, 6.07) is -2.04. The maximum Gasteiger partial charge on any atom is 0.185 e. The molecule has 160 valence electrons. The molecule has 28 heavy (non-hydrogen) atoms. The first-order valence-electron chi connectivity index (χ1n) is 8.50. The van der Waals surface area contributed by atoms with Crippen LogP contribution < -0.4 is 34.4 Å². The van der Waals surface area contributed by atoms with Crippen LogP contribution in [0.5, 0.6) is 0 Å². The van der Waals surface area contributed by atoms with Gasteiger partial charge in [-0.15, -0.1) is 23.2 Å². The largest absolute Gasteiger partial charge is 0.370 e. The maximum atomic E-state index is 12.2. The van der Waals surface area contributed by atoms with E-state index in [0.717, 1.165) is 0 Å². The average molecular weight is 439 g/mol. The average Bonchev–Trinajstić information content (AvgIpc) is 2.64. The smallest absolute Gasteiger partial charge is 0.185 e. The first kappa shape index (κ1) is 26.1. The molecule has 12 N–H and O–H groups in total. The molecule has 0 heterocycles. The van der Waals surface area contributed by atoms with E-state index >= 15 is 0 Å². The molecule has 0 aliphatic carbocycles. The lowest BCUT2D eigenvalue weighted by atomic mass is 9.97. The van der Waals surface area contributed by atoms with Crippen LogP contribution in [0.3, 0.4) is 0 Å². The summed E-state index contributed by atoms with van der Waals surface area (Å²) in [5.41, 5.74) is 32.2. The van der Waals surface area contributed by atoms with E-state index in [1.165, 1.54) is 0 Å². The molecule has 4 atom stereocenters. The third-order valence-electron chi connectivity index (χ3n) is 3.67. The third kappa shape index (κ3) is 9.83. The van der Waals surface area contributed by atoms with Crippen molar-refractivity contribution in [2.24, 2.45) is 44.4 Å². The zero-order valence-corrected chi connectivity index (χ0v) is 16.9. The minimum atomic E-state index is -1.65. The van der Waals surface area contributed by atoms with Crippen molar-refractivity contribution >= 4 is 52.5 Å². The third-order valence-corrected chi connectivity index (χ3v) is 4.53. The van der Waals surface area contributed by atoms with Gasteiger partial charge in [0.2, 0.25) is 0 Å². The SMILES string of the molecule is NC(N)=NCCC[C@H](N)C(=O)C(Cl)C(=O)C(Cl)C(=O)[C@@H](N)CCCN=C(N)N. The first-order chi connectivity index (χ1) is 13.0. The Morgan fingerprint density at radius 2 is 1.00 bits per heavy atom. The van der Waals surface area contributed by atoms with E-state index in [-0.39, 0.29) is 37.9 Å². The molecule has 11 nitrogen and oxygen atoms in total. The summed E-state index contributed by atoms with van der Waals surface area (Å²) in [5, 5.41) is -3.31. The van der Waals surface area contributed by atoms with Gasteiger partial charge in [-0.3, -0.25) is 24.4 Å². The van der Waals surface area contributed by atoms with Crippen LogP contribution in [0.25, 0.3) is 0 Å². The van der Waals surface area contributed by atoms with Crippen molar-refractivity contribution < 1.29 is 14.4 Å². The van der Waals surface area contributed by atoms with Gasteiger partial charge in [0.1, 0.15) is 0 Å². The number of nitrogens with two attached hydrogens (primary N) is 6. The number of halogens is 2. The second kappa shape index (κ2) is 13.3. The number of rotatable bonds is 14. The predicted molar refractivity (Wildman–Crippen MR) is 110 cm³/mol. The van der Waals surface area contributed by atoms with Crippen LogP contribution in [0.1, 0.15) is 25.7 Å². The zero-order valence-electron chi connectivity index (χ0n) is 15.4. The highest BCUT2D eigenvalue weighted by Crippen LogP contribution is 2.14. The molecule has 0 saturated carbocycles. The minimum absolute atomic E-state index is 0.0802. The summed E-state index contributed by atoms with van der Waals surface area (Å²) in [4.78, 5) is 44.1. The fourth-order valence-corrected chi connectivity index (χ4v) is 2.75. The number of hydrogen-bond donors (Lipinski definition) is 6. The van der Waals surface area contributed by atoms with Crippen molar-refractivity contribution in [1.29, 1.82) is 0 Å². The Labute approximate surface area is 173 Å². The van der Waals surface area contributed by atoms with Crippen LogP contribution in [0.4, 0.5) is 0 Å². The molecular formula is C15H28Cl2N8O3. The van der Waals surface area contributed by atoms with Crippen molar-refractivity contribution in [3.63, 3.8) is 0 Å². The molecule has 0 aliphatic rings. The second-order valence-corrected chi connectivity index (χ2v) is 6.92. The number of guanidine groups is 2. The van der Waals surface area contributed by atoms with E-state index in [9.17, 15) is 14.4 Å². The van der Waals surface area contributed by atoms with Crippen molar-refractivity contribution in [2.45, 2.75) is 48.5 Å². The molecule has 0 aromatic heterocycles. The fraction of sp³-hybridized carbons (Fsp3) is 0.667. The van der Waals surface area contributed by atoms with Gasteiger partial charge < -0.3 is 34.4 Å². The Hall–Kier alpha value is -1.95. The van der Waals surface area contributed by atoms with Gasteiger partial charge in [-0.25, -0.2) is 0 Å². The van der Waals surface area contributed by atoms with Gasteiger partial charge in [-0.05, 0) is 25.7 Å². The molecule has 0 amide bonds. The van der Waals surface area contributed by atoms with Gasteiger partial charge in [-0.1, -0.05) is 0 Å². The van der Waals surface area contributed by atoms with Gasteiger partial charge in [0, 0.05) is 13.1 Å². The summed E-state index contributed by atoms with van der Waals surface area (Å²) >= 11 is 11.8. The van der Waals surface area contributed by atoms with Crippen molar-refractivity contribution in [3.8, 4) is 0 Å². The summed E-state index contributed by atoms with van der Waals surface area (Å²) in [6.07, 6.45) is 1.23. The highest BCUT2D eigenvalue weighted by molar-refractivity contribution is 6.52. The van der Waals surface area contributed by atoms with Crippen molar-refractivity contribution in [3.05, 3.63) is 0 Å². The maximum absolute atomic E-state index is 12.2. The van der Waals surface area contributed by atoms with E-state index in [1.807, 2.05) is 0 Å². The summed E-state index contributed by atoms with van der Waals surface area (Å²) in [5.74, 6) is -2.60. The van der Waals surface area contributed by atoms with Crippen molar-refractivity contribution in [2.75, 3.05) is 13.1 Å². The van der Waals surface area contributed by atoms with Gasteiger partial charge >= 0.3 is 0 Å². The monoisotopic (exact) mass is 438 g/mol. The van der Waals surface area contributed by atoms with Crippen molar-refractivity contribution in [1.82, 2.24) is 0 Å². The predicted octanol–water partition coefficient (Wildman–Crippen LogP) is -2.33. The lowest BCUT2D eigenvalue weighted by Crippen LogP contribution is -2.47. The number of Topliss-reactive ketones (excluding diaryl/α,β-unsaturated/α-hetero) is 3.